The Morgan fingerprint density at radius 1 is 1.41 bits per heavy atom. The number of alkyl halides is 1. The third-order valence-corrected chi connectivity index (χ3v) is 2.16. The summed E-state index contributed by atoms with van der Waals surface area (Å²) < 4.78 is 12.5. The van der Waals surface area contributed by atoms with Gasteiger partial charge in [-0.1, -0.05) is 6.92 Å². The van der Waals surface area contributed by atoms with Gasteiger partial charge in [-0.05, 0) is 26.2 Å². The molecule has 17 heavy (non-hydrogen) atoms. The zero-order valence-electron chi connectivity index (χ0n) is 10.9. The predicted octanol–water partition coefficient (Wildman–Crippen LogP) is -2.49. The van der Waals surface area contributed by atoms with E-state index in [4.69, 9.17) is 0 Å². The fourth-order valence-corrected chi connectivity index (χ4v) is 1.41. The molecule has 0 aromatic carbocycles. The average Bonchev–Trinajstić information content (AvgIpc) is 2.15. The smallest absolute Gasteiger partial charge is 0.548 e. The number of halogens is 1. The summed E-state index contributed by atoms with van der Waals surface area (Å²) in [6.45, 7) is 3.32. The number of carbonyl (C=O) groups excluding carboxylic acids is 2. The molecule has 0 heterocycles. The molecule has 1 atom stereocenters. The van der Waals surface area contributed by atoms with E-state index in [0.717, 1.165) is 0 Å². The molecule has 0 aromatic rings. The minimum Gasteiger partial charge on any atom is -0.548 e. The number of nitrogens with zero attached hydrogens (tertiary/aromatic N) is 1. The van der Waals surface area contributed by atoms with E-state index < -0.39 is 12.1 Å². The second-order valence-corrected chi connectivity index (χ2v) is 3.86. The maximum Gasteiger partial charge on any atom is 1.00 e. The molecule has 1 unspecified atom stereocenters. The van der Waals surface area contributed by atoms with Crippen LogP contribution in [0.4, 0.5) is 4.39 Å². The van der Waals surface area contributed by atoms with Gasteiger partial charge in [0.1, 0.15) is 0 Å². The first-order valence-corrected chi connectivity index (χ1v) is 5.59. The Balaban J connectivity index is 0. The molecule has 0 aliphatic rings. The third kappa shape index (κ3) is 10.7. The summed E-state index contributed by atoms with van der Waals surface area (Å²) in [5.41, 5.74) is 0. The van der Waals surface area contributed by atoms with Gasteiger partial charge < -0.3 is 14.8 Å². The zero-order chi connectivity index (χ0) is 12.6. The molecule has 0 saturated heterocycles. The van der Waals surface area contributed by atoms with Gasteiger partial charge in [0.25, 0.3) is 0 Å². The molecule has 0 spiro atoms. The van der Waals surface area contributed by atoms with Crippen molar-refractivity contribution in [3.63, 3.8) is 0 Å². The molecule has 0 aromatic heterocycles. The molecule has 0 aliphatic heterocycles. The maximum absolute atomic E-state index is 12.5. The number of hydrogen-bond acceptors (Lipinski definition) is 3. The Kier molecular flexibility index (Phi) is 12.4. The number of carboxylic acid groups (broad SMARTS) is 1. The van der Waals surface area contributed by atoms with Crippen LogP contribution in [0.5, 0.6) is 0 Å². The molecule has 6 heteroatoms. The number of carboxylic acids is 1. The summed E-state index contributed by atoms with van der Waals surface area (Å²) in [6, 6.07) is 0. The van der Waals surface area contributed by atoms with Crippen molar-refractivity contribution in [1.29, 1.82) is 0 Å². The van der Waals surface area contributed by atoms with Gasteiger partial charge in [-0.2, -0.15) is 0 Å². The first-order valence-electron chi connectivity index (χ1n) is 5.59. The van der Waals surface area contributed by atoms with Gasteiger partial charge in [-0.15, -0.1) is 0 Å². The average molecular weight is 255 g/mol. The number of carbonyl (C=O) groups is 2. The van der Waals surface area contributed by atoms with Crippen molar-refractivity contribution in [3.05, 3.63) is 0 Å². The van der Waals surface area contributed by atoms with Crippen molar-refractivity contribution in [1.82, 2.24) is 4.90 Å². The summed E-state index contributed by atoms with van der Waals surface area (Å²) in [5, 5.41) is 10.4. The molecule has 0 bridgehead atoms. The first kappa shape index (κ1) is 19.2. The molecule has 0 N–H and O–H groups in total. The van der Waals surface area contributed by atoms with Crippen LogP contribution in [0, 0.1) is 0 Å². The molecule has 0 aliphatic carbocycles. The molecule has 0 rings (SSSR count). The van der Waals surface area contributed by atoms with Crippen LogP contribution < -0.4 is 34.7 Å². The second-order valence-electron chi connectivity index (χ2n) is 3.86. The Hall–Kier alpha value is -0.130. The van der Waals surface area contributed by atoms with Crippen LogP contribution in [-0.2, 0) is 9.59 Å². The van der Waals surface area contributed by atoms with Gasteiger partial charge in [-0.25, -0.2) is 4.39 Å². The van der Waals surface area contributed by atoms with Crippen molar-refractivity contribution in [2.75, 3.05) is 13.1 Å². The minimum absolute atomic E-state index is 0. The summed E-state index contributed by atoms with van der Waals surface area (Å²) in [7, 11) is 0. The topological polar surface area (TPSA) is 60.4 Å². The van der Waals surface area contributed by atoms with Gasteiger partial charge in [-0.3, -0.25) is 4.79 Å². The summed E-state index contributed by atoms with van der Waals surface area (Å²) in [5.74, 6) is -1.51. The van der Waals surface area contributed by atoms with Crippen molar-refractivity contribution in [2.24, 2.45) is 0 Å². The van der Waals surface area contributed by atoms with Crippen molar-refractivity contribution in [2.45, 2.75) is 45.7 Å². The fraction of sp³-hybridized carbons (Fsp3) is 0.818. The minimum atomic E-state index is -1.26. The van der Waals surface area contributed by atoms with E-state index in [2.05, 4.69) is 0 Å². The fourth-order valence-electron chi connectivity index (χ4n) is 1.41. The largest absolute Gasteiger partial charge is 1.00 e. The molecule has 0 radical (unpaired) electrons. The molecule has 1 amide bonds. The van der Waals surface area contributed by atoms with Gasteiger partial charge in [0.05, 0.1) is 18.7 Å². The normalized spacial score (nSPS) is 11.5. The molecular formula is C11H19FNNaO3. The van der Waals surface area contributed by atoms with E-state index in [1.54, 1.807) is 0 Å². The molecule has 4 nitrogen and oxygen atoms in total. The standard InChI is InChI=1S/C11H20FNO3.Na/c1-3-7-13(8-11(15)16)10(14)6-4-5-9(2)12;/h9H,3-8H2,1-2H3,(H,15,16);/q;+1/p-1. The van der Waals surface area contributed by atoms with E-state index in [0.29, 0.717) is 25.8 Å². The Morgan fingerprint density at radius 3 is 2.41 bits per heavy atom. The van der Waals surface area contributed by atoms with Crippen LogP contribution in [-0.4, -0.2) is 36.0 Å². The van der Waals surface area contributed by atoms with Gasteiger partial charge in [0, 0.05) is 13.0 Å². The van der Waals surface area contributed by atoms with Crippen molar-refractivity contribution in [3.8, 4) is 0 Å². The number of hydrogen-bond donors (Lipinski definition) is 0. The van der Waals surface area contributed by atoms with E-state index in [9.17, 15) is 19.1 Å². The zero-order valence-corrected chi connectivity index (χ0v) is 12.9. The van der Waals surface area contributed by atoms with Crippen LogP contribution in [0.3, 0.4) is 0 Å². The quantitative estimate of drug-likeness (QED) is 0.451. The van der Waals surface area contributed by atoms with E-state index in [-0.39, 0.29) is 48.4 Å². The van der Waals surface area contributed by atoms with Crippen LogP contribution >= 0.6 is 0 Å². The molecule has 94 valence electrons. The van der Waals surface area contributed by atoms with Crippen molar-refractivity contribution >= 4 is 11.9 Å². The summed E-state index contributed by atoms with van der Waals surface area (Å²) in [4.78, 5) is 23.2. The van der Waals surface area contributed by atoms with Crippen molar-refractivity contribution < 1.29 is 48.6 Å². The van der Waals surface area contributed by atoms with Gasteiger partial charge >= 0.3 is 29.6 Å². The molecular weight excluding hydrogens is 236 g/mol. The van der Waals surface area contributed by atoms with Crippen LogP contribution in [0.15, 0.2) is 0 Å². The Bertz CT molecular complexity index is 237. The summed E-state index contributed by atoms with van der Waals surface area (Å²) in [6.07, 6.45) is 0.745. The van der Waals surface area contributed by atoms with Crippen LogP contribution in [0.1, 0.15) is 39.5 Å². The first-order chi connectivity index (χ1) is 7.47. The SMILES string of the molecule is CCCN(CC(=O)[O-])C(=O)CCCC(C)F.[Na+]. The second kappa shape index (κ2) is 11.0. The number of aliphatic carboxylic acids is 1. The Morgan fingerprint density at radius 2 is 2.00 bits per heavy atom. The Labute approximate surface area is 124 Å². The predicted molar refractivity (Wildman–Crippen MR) is 56.3 cm³/mol. The molecule has 0 fully saturated rings. The monoisotopic (exact) mass is 255 g/mol. The summed E-state index contributed by atoms with van der Waals surface area (Å²) >= 11 is 0. The van der Waals surface area contributed by atoms with E-state index >= 15 is 0 Å². The maximum atomic E-state index is 12.5. The van der Waals surface area contributed by atoms with Crippen LogP contribution in [0.25, 0.3) is 0 Å². The van der Waals surface area contributed by atoms with E-state index in [1.807, 2.05) is 6.92 Å². The number of amides is 1. The van der Waals surface area contributed by atoms with Gasteiger partial charge in [0.2, 0.25) is 5.91 Å². The number of rotatable bonds is 8. The van der Waals surface area contributed by atoms with Crippen LogP contribution in [0.2, 0.25) is 0 Å². The third-order valence-electron chi connectivity index (χ3n) is 2.16. The van der Waals surface area contributed by atoms with E-state index in [1.165, 1.54) is 11.8 Å². The van der Waals surface area contributed by atoms with Gasteiger partial charge in [0.15, 0.2) is 0 Å². The molecule has 0 saturated carbocycles.